The van der Waals surface area contributed by atoms with Gasteiger partial charge in [-0.1, -0.05) is 18.2 Å². The molecule has 0 atom stereocenters. The van der Waals surface area contributed by atoms with Crippen LogP contribution in [-0.4, -0.2) is 28.0 Å². The fourth-order valence-electron chi connectivity index (χ4n) is 2.61. The van der Waals surface area contributed by atoms with Gasteiger partial charge in [-0.15, -0.1) is 0 Å². The highest BCUT2D eigenvalue weighted by molar-refractivity contribution is 8.18. The quantitative estimate of drug-likeness (QED) is 0.447. The lowest BCUT2D eigenvalue weighted by Gasteiger charge is -2.06. The third-order valence-corrected chi connectivity index (χ3v) is 4.88. The van der Waals surface area contributed by atoms with E-state index in [4.69, 9.17) is 4.74 Å². The van der Waals surface area contributed by atoms with Crippen LogP contribution in [0.15, 0.2) is 46.3 Å². The summed E-state index contributed by atoms with van der Waals surface area (Å²) in [5.74, 6) is -0.649. The topological polar surface area (TPSA) is 137 Å². The molecule has 3 rings (SSSR count). The number of ether oxygens (including phenoxy) is 1. The average Bonchev–Trinajstić information content (AvgIpc) is 3.01. The van der Waals surface area contributed by atoms with Gasteiger partial charge >= 0.3 is 5.69 Å². The third-order valence-electron chi connectivity index (χ3n) is 3.97. The molecule has 29 heavy (non-hydrogen) atoms. The van der Waals surface area contributed by atoms with Crippen molar-refractivity contribution in [2.24, 2.45) is 4.99 Å². The molecule has 1 N–H and O–H groups in total. The van der Waals surface area contributed by atoms with Gasteiger partial charge in [-0.2, -0.15) is 0 Å². The zero-order valence-electron chi connectivity index (χ0n) is 15.2. The summed E-state index contributed by atoms with van der Waals surface area (Å²) < 4.78 is 5.08. The summed E-state index contributed by atoms with van der Waals surface area (Å²) in [4.78, 5) is 37.8. The highest BCUT2D eigenvalue weighted by Crippen LogP contribution is 2.38. The molecule has 0 aliphatic carbocycles. The summed E-state index contributed by atoms with van der Waals surface area (Å²) in [5, 5.41) is 25.3. The van der Waals surface area contributed by atoms with Crippen LogP contribution in [0.1, 0.15) is 11.1 Å². The van der Waals surface area contributed by atoms with Gasteiger partial charge in [0.25, 0.3) is 11.6 Å². The number of nitrogens with one attached hydrogen (secondary N) is 1. The number of rotatable bonds is 5. The van der Waals surface area contributed by atoms with Gasteiger partial charge in [0.05, 0.1) is 33.6 Å². The zero-order valence-corrected chi connectivity index (χ0v) is 16.1. The minimum atomic E-state index is -0.777. The number of hydrogen-bond donors (Lipinski definition) is 1. The molecule has 1 aliphatic rings. The van der Waals surface area contributed by atoms with Gasteiger partial charge in [0.1, 0.15) is 0 Å². The maximum absolute atomic E-state index is 12.3. The standard InChI is InChI=1S/C18H14N4O6S/c1-10-5-3-4-6-13(10)19-18-20-17(23)15(29-18)8-11-7-12(21(24)25)9-14(22(26)27)16(11)28-2/h3-9H,1-2H3,(H,19,20,23)/b15-8-. The van der Waals surface area contributed by atoms with Crippen molar-refractivity contribution < 1.29 is 19.4 Å². The second-order valence-electron chi connectivity index (χ2n) is 5.87. The van der Waals surface area contributed by atoms with Crippen LogP contribution in [0, 0.1) is 27.2 Å². The van der Waals surface area contributed by atoms with Crippen LogP contribution in [-0.2, 0) is 4.79 Å². The fraction of sp³-hybridized carbons (Fsp3) is 0.111. The van der Waals surface area contributed by atoms with Crippen LogP contribution in [0.2, 0.25) is 0 Å². The number of amides is 1. The van der Waals surface area contributed by atoms with Crippen molar-refractivity contribution in [3.8, 4) is 5.75 Å². The lowest BCUT2D eigenvalue weighted by atomic mass is 10.1. The molecule has 11 heteroatoms. The lowest BCUT2D eigenvalue weighted by molar-refractivity contribution is -0.394. The Labute approximate surface area is 168 Å². The zero-order chi connectivity index (χ0) is 21.1. The van der Waals surface area contributed by atoms with Crippen LogP contribution < -0.4 is 10.1 Å². The third kappa shape index (κ3) is 4.24. The van der Waals surface area contributed by atoms with Gasteiger partial charge < -0.3 is 10.1 Å². The first kappa shape index (κ1) is 20.0. The molecule has 0 spiro atoms. The number of nitro benzene ring substituents is 2. The number of nitrogens with zero attached hydrogens (tertiary/aromatic N) is 3. The summed E-state index contributed by atoms with van der Waals surface area (Å²) in [6, 6.07) is 9.29. The van der Waals surface area contributed by atoms with Crippen molar-refractivity contribution in [1.29, 1.82) is 0 Å². The molecule has 0 saturated carbocycles. The minimum absolute atomic E-state index is 0.0446. The van der Waals surface area contributed by atoms with Crippen LogP contribution in [0.5, 0.6) is 5.75 Å². The van der Waals surface area contributed by atoms with E-state index in [1.54, 1.807) is 6.07 Å². The summed E-state index contributed by atoms with van der Waals surface area (Å²) >= 11 is 1.02. The molecule has 1 amide bonds. The Morgan fingerprint density at radius 3 is 2.52 bits per heavy atom. The van der Waals surface area contributed by atoms with Gasteiger partial charge in [0, 0.05) is 11.6 Å². The Hall–Kier alpha value is -3.73. The van der Waals surface area contributed by atoms with E-state index >= 15 is 0 Å². The Balaban J connectivity index is 2.04. The number of non-ortho nitro benzene ring substituents is 1. The number of carbonyl (C=O) groups is 1. The molecule has 10 nitrogen and oxygen atoms in total. The van der Waals surface area contributed by atoms with Crippen LogP contribution in [0.3, 0.4) is 0 Å². The van der Waals surface area contributed by atoms with Crippen molar-refractivity contribution in [1.82, 2.24) is 5.32 Å². The monoisotopic (exact) mass is 414 g/mol. The maximum atomic E-state index is 12.3. The molecule has 1 fully saturated rings. The van der Waals surface area contributed by atoms with Gasteiger partial charge in [0.2, 0.25) is 5.75 Å². The smallest absolute Gasteiger partial charge is 0.318 e. The number of benzene rings is 2. The first-order valence-electron chi connectivity index (χ1n) is 8.16. The number of carbonyl (C=O) groups excluding carboxylic acids is 1. The van der Waals surface area contributed by atoms with E-state index in [1.165, 1.54) is 13.2 Å². The Bertz CT molecular complexity index is 1100. The molecule has 0 aromatic heterocycles. The number of thioether (sulfide) groups is 1. The Morgan fingerprint density at radius 1 is 1.17 bits per heavy atom. The van der Waals surface area contributed by atoms with E-state index in [2.05, 4.69) is 10.3 Å². The lowest BCUT2D eigenvalue weighted by Crippen LogP contribution is -2.19. The minimum Gasteiger partial charge on any atom is -0.490 e. The summed E-state index contributed by atoms with van der Waals surface area (Å²) in [7, 11) is 1.21. The van der Waals surface area contributed by atoms with Crippen molar-refractivity contribution in [3.05, 3.63) is 72.7 Å². The number of hydrogen-bond acceptors (Lipinski definition) is 8. The molecular formula is C18H14N4O6S. The SMILES string of the molecule is COc1c(/C=C2\SC(=Nc3ccccc3C)NC2=O)cc([N+](=O)[O-])cc1[N+](=O)[O-]. The van der Waals surface area contributed by atoms with Gasteiger partial charge in [-0.3, -0.25) is 25.0 Å². The number of methoxy groups -OCH3 is 1. The maximum Gasteiger partial charge on any atom is 0.318 e. The fourth-order valence-corrected chi connectivity index (χ4v) is 3.44. The van der Waals surface area contributed by atoms with Crippen LogP contribution in [0.4, 0.5) is 17.1 Å². The van der Waals surface area contributed by atoms with Crippen LogP contribution in [0.25, 0.3) is 6.08 Å². The Kier molecular flexibility index (Phi) is 5.59. The van der Waals surface area contributed by atoms with Crippen molar-refractivity contribution in [2.45, 2.75) is 6.92 Å². The van der Waals surface area contributed by atoms with E-state index in [-0.39, 0.29) is 16.2 Å². The van der Waals surface area contributed by atoms with Gasteiger partial charge in [0.15, 0.2) is 5.17 Å². The Morgan fingerprint density at radius 2 is 1.90 bits per heavy atom. The molecule has 2 aromatic rings. The van der Waals surface area contributed by atoms with E-state index in [9.17, 15) is 25.0 Å². The predicted molar refractivity (Wildman–Crippen MR) is 108 cm³/mol. The number of amidine groups is 1. The molecule has 148 valence electrons. The first-order valence-corrected chi connectivity index (χ1v) is 8.98. The normalized spacial score (nSPS) is 16.1. The molecule has 0 radical (unpaired) electrons. The highest BCUT2D eigenvalue weighted by atomic mass is 32.2. The highest BCUT2D eigenvalue weighted by Gasteiger charge is 2.28. The number of aliphatic imine (C=N–C) groups is 1. The van der Waals surface area contributed by atoms with E-state index in [1.807, 2.05) is 25.1 Å². The summed E-state index contributed by atoms with van der Waals surface area (Å²) in [6.07, 6.45) is 1.30. The largest absolute Gasteiger partial charge is 0.490 e. The van der Waals surface area contributed by atoms with E-state index < -0.39 is 27.1 Å². The van der Waals surface area contributed by atoms with Gasteiger partial charge in [-0.25, -0.2) is 4.99 Å². The molecular weight excluding hydrogens is 400 g/mol. The second kappa shape index (κ2) is 8.10. The average molecular weight is 414 g/mol. The summed E-state index contributed by atoms with van der Waals surface area (Å²) in [6.45, 7) is 1.88. The molecule has 1 aliphatic heterocycles. The number of nitro groups is 2. The number of aryl methyl sites for hydroxylation is 1. The van der Waals surface area contributed by atoms with Crippen molar-refractivity contribution in [2.75, 3.05) is 7.11 Å². The van der Waals surface area contributed by atoms with Crippen molar-refractivity contribution in [3.63, 3.8) is 0 Å². The molecule has 0 bridgehead atoms. The number of para-hydroxylation sites is 1. The van der Waals surface area contributed by atoms with Crippen LogP contribution >= 0.6 is 11.8 Å². The predicted octanol–water partition coefficient (Wildman–Crippen LogP) is 3.71. The second-order valence-corrected chi connectivity index (χ2v) is 6.90. The van der Waals surface area contributed by atoms with Gasteiger partial charge in [-0.05, 0) is 36.4 Å². The summed E-state index contributed by atoms with van der Waals surface area (Å²) in [5.41, 5.74) is 0.596. The molecule has 1 saturated heterocycles. The molecule has 0 unspecified atom stereocenters. The molecule has 2 aromatic carbocycles. The first-order chi connectivity index (χ1) is 13.8. The van der Waals surface area contributed by atoms with Crippen molar-refractivity contribution >= 4 is 46.0 Å². The van der Waals surface area contributed by atoms with E-state index in [0.29, 0.717) is 10.9 Å². The van der Waals surface area contributed by atoms with E-state index in [0.717, 1.165) is 29.5 Å². The molecule has 1 heterocycles.